The molecule has 0 amide bonds. The summed E-state index contributed by atoms with van der Waals surface area (Å²) >= 11 is 0. The third-order valence-corrected chi connectivity index (χ3v) is 5.81. The molecule has 0 aliphatic carbocycles. The van der Waals surface area contributed by atoms with E-state index in [-0.39, 0.29) is 0 Å². The molecule has 0 bridgehead atoms. The lowest BCUT2D eigenvalue weighted by Crippen LogP contribution is -2.34. The minimum Gasteiger partial charge on any atom is -0.497 e. The number of hydrogen-bond donors (Lipinski definition) is 0. The molecule has 0 spiro atoms. The molecule has 1 aliphatic rings. The molecule has 1 heterocycles. The molecule has 4 heteroatoms. The quantitative estimate of drug-likeness (QED) is 0.315. The summed E-state index contributed by atoms with van der Waals surface area (Å²) in [4.78, 5) is 9.78. The molecule has 0 atom stereocenters. The fraction of sp³-hybridized carbons (Fsp3) is 0.276. The summed E-state index contributed by atoms with van der Waals surface area (Å²) in [6, 6.07) is 26.8. The predicted octanol–water partition coefficient (Wildman–Crippen LogP) is 5.29. The number of aryl methyl sites for hydroxylation is 1. The van der Waals surface area contributed by atoms with Gasteiger partial charge in [0.25, 0.3) is 0 Å². The highest BCUT2D eigenvalue weighted by Crippen LogP contribution is 2.19. The van der Waals surface area contributed by atoms with Gasteiger partial charge in [0.1, 0.15) is 5.75 Å². The third-order valence-electron chi connectivity index (χ3n) is 5.81. The van der Waals surface area contributed by atoms with Crippen LogP contribution in [0.1, 0.15) is 23.1 Å². The molecule has 1 fully saturated rings. The second-order valence-electron chi connectivity index (χ2n) is 8.35. The largest absolute Gasteiger partial charge is 0.497 e. The second-order valence-corrected chi connectivity index (χ2v) is 8.35. The zero-order valence-corrected chi connectivity index (χ0v) is 19.5. The molecule has 33 heavy (non-hydrogen) atoms. The van der Waals surface area contributed by atoms with E-state index >= 15 is 0 Å². The summed E-state index contributed by atoms with van der Waals surface area (Å²) in [5.74, 6) is 8.31. The molecule has 168 valence electrons. The number of nitrogens with zero attached hydrogens (tertiary/aromatic N) is 3. The summed E-state index contributed by atoms with van der Waals surface area (Å²) in [5.41, 5.74) is 4.55. The maximum atomic E-state index is 5.29. The highest BCUT2D eigenvalue weighted by atomic mass is 16.5. The summed E-state index contributed by atoms with van der Waals surface area (Å²) < 4.78 is 5.29. The Hall–Kier alpha value is -3.55. The molecular formula is C29H31N3O. The third kappa shape index (κ3) is 6.71. The van der Waals surface area contributed by atoms with E-state index in [4.69, 9.17) is 9.73 Å². The summed E-state index contributed by atoms with van der Waals surface area (Å²) in [7, 11) is 1.68. The lowest BCUT2D eigenvalue weighted by atomic mass is 10.1. The summed E-state index contributed by atoms with van der Waals surface area (Å²) in [6.45, 7) is 7.03. The predicted molar refractivity (Wildman–Crippen MR) is 136 cm³/mol. The van der Waals surface area contributed by atoms with Gasteiger partial charge >= 0.3 is 0 Å². The van der Waals surface area contributed by atoms with E-state index in [9.17, 15) is 0 Å². The van der Waals surface area contributed by atoms with Crippen LogP contribution in [0.3, 0.4) is 0 Å². The first kappa shape index (κ1) is 22.6. The molecule has 3 aromatic rings. The number of aliphatic imine (C=N–C) groups is 1. The molecule has 3 aromatic carbocycles. The summed E-state index contributed by atoms with van der Waals surface area (Å²) in [5, 5.41) is 0. The van der Waals surface area contributed by atoms with Crippen molar-refractivity contribution in [3.05, 3.63) is 95.6 Å². The second kappa shape index (κ2) is 11.4. The van der Waals surface area contributed by atoms with Gasteiger partial charge in [-0.05, 0) is 61.2 Å². The smallest absolute Gasteiger partial charge is 0.182 e. The van der Waals surface area contributed by atoms with Crippen molar-refractivity contribution in [1.82, 2.24) is 9.80 Å². The first-order valence-corrected chi connectivity index (χ1v) is 11.5. The zero-order valence-electron chi connectivity index (χ0n) is 19.5. The van der Waals surface area contributed by atoms with Crippen molar-refractivity contribution in [2.75, 3.05) is 33.3 Å². The molecule has 0 aromatic heterocycles. The fourth-order valence-electron chi connectivity index (χ4n) is 3.90. The topological polar surface area (TPSA) is 28.1 Å². The Bertz CT molecular complexity index is 1110. The maximum absolute atomic E-state index is 5.29. The lowest BCUT2D eigenvalue weighted by Gasteiger charge is -2.22. The molecule has 0 saturated carbocycles. The van der Waals surface area contributed by atoms with Crippen LogP contribution in [0.5, 0.6) is 5.75 Å². The van der Waals surface area contributed by atoms with Gasteiger partial charge < -0.3 is 9.64 Å². The van der Waals surface area contributed by atoms with E-state index in [1.165, 1.54) is 11.1 Å². The van der Waals surface area contributed by atoms with Gasteiger partial charge in [-0.3, -0.25) is 4.90 Å². The normalized spacial score (nSPS) is 14.8. The Balaban J connectivity index is 1.52. The van der Waals surface area contributed by atoms with Crippen LogP contribution < -0.4 is 4.74 Å². The standard InChI is InChI=1S/C29H31N3O/c1-24-9-11-26(12-10-24)23-31-19-6-20-32(22-21-31)29(18-13-25-7-4-3-5-8-25)30-27-14-16-28(33-2)17-15-27/h3-5,7-12,14-17H,6,19-23H2,1-2H3. The van der Waals surface area contributed by atoms with Gasteiger partial charge in [0.2, 0.25) is 0 Å². The minimum atomic E-state index is 0.821. The Labute approximate surface area is 197 Å². The van der Waals surface area contributed by atoms with Crippen LogP contribution in [-0.4, -0.2) is 48.9 Å². The number of benzene rings is 3. The number of methoxy groups -OCH3 is 1. The molecule has 0 radical (unpaired) electrons. The van der Waals surface area contributed by atoms with Gasteiger partial charge in [0, 0.05) is 38.3 Å². The van der Waals surface area contributed by atoms with Crippen molar-refractivity contribution >= 4 is 11.5 Å². The Morgan fingerprint density at radius 3 is 2.36 bits per heavy atom. The molecule has 1 aliphatic heterocycles. The number of ether oxygens (including phenoxy) is 1. The summed E-state index contributed by atoms with van der Waals surface area (Å²) in [6.07, 6.45) is 1.08. The molecular weight excluding hydrogens is 406 g/mol. The molecule has 4 rings (SSSR count). The average molecular weight is 438 g/mol. The SMILES string of the molecule is COc1ccc(N=C(C#Cc2ccccc2)N2CCCN(Cc3ccc(C)cc3)CC2)cc1. The van der Waals surface area contributed by atoms with Gasteiger partial charge in [-0.15, -0.1) is 0 Å². The van der Waals surface area contributed by atoms with Gasteiger partial charge in [0.15, 0.2) is 5.84 Å². The van der Waals surface area contributed by atoms with Crippen molar-refractivity contribution in [3.8, 4) is 17.6 Å². The Kier molecular flexibility index (Phi) is 7.79. The number of rotatable bonds is 4. The number of amidine groups is 1. The number of hydrogen-bond acceptors (Lipinski definition) is 3. The van der Waals surface area contributed by atoms with Crippen molar-refractivity contribution in [2.24, 2.45) is 4.99 Å². The average Bonchev–Trinajstić information content (AvgIpc) is 3.10. The van der Waals surface area contributed by atoms with Crippen LogP contribution >= 0.6 is 0 Å². The van der Waals surface area contributed by atoms with Crippen LogP contribution in [0.25, 0.3) is 0 Å². The molecule has 1 saturated heterocycles. The van der Waals surface area contributed by atoms with Gasteiger partial charge in [-0.2, -0.15) is 0 Å². The first-order chi connectivity index (χ1) is 16.2. The maximum Gasteiger partial charge on any atom is 0.182 e. The highest BCUT2D eigenvalue weighted by Gasteiger charge is 2.17. The van der Waals surface area contributed by atoms with Crippen LogP contribution in [0, 0.1) is 18.8 Å². The van der Waals surface area contributed by atoms with Crippen molar-refractivity contribution in [1.29, 1.82) is 0 Å². The Morgan fingerprint density at radius 1 is 0.879 bits per heavy atom. The zero-order chi connectivity index (χ0) is 22.9. The van der Waals surface area contributed by atoms with Gasteiger partial charge in [-0.1, -0.05) is 53.9 Å². The van der Waals surface area contributed by atoms with Crippen LogP contribution in [0.15, 0.2) is 83.9 Å². The Morgan fingerprint density at radius 2 is 1.64 bits per heavy atom. The lowest BCUT2D eigenvalue weighted by molar-refractivity contribution is 0.278. The van der Waals surface area contributed by atoms with Gasteiger partial charge in [0.05, 0.1) is 12.8 Å². The van der Waals surface area contributed by atoms with E-state index in [0.717, 1.165) is 62.0 Å². The molecule has 0 unspecified atom stereocenters. The van der Waals surface area contributed by atoms with Crippen LogP contribution in [0.4, 0.5) is 5.69 Å². The van der Waals surface area contributed by atoms with E-state index in [2.05, 4.69) is 52.8 Å². The minimum absolute atomic E-state index is 0.821. The molecule has 0 N–H and O–H groups in total. The van der Waals surface area contributed by atoms with Crippen molar-refractivity contribution in [2.45, 2.75) is 19.9 Å². The van der Waals surface area contributed by atoms with E-state index in [0.29, 0.717) is 0 Å². The fourth-order valence-corrected chi connectivity index (χ4v) is 3.90. The monoisotopic (exact) mass is 437 g/mol. The van der Waals surface area contributed by atoms with Crippen LogP contribution in [-0.2, 0) is 6.54 Å². The van der Waals surface area contributed by atoms with Crippen molar-refractivity contribution < 1.29 is 4.74 Å². The van der Waals surface area contributed by atoms with E-state index < -0.39 is 0 Å². The van der Waals surface area contributed by atoms with E-state index in [1.54, 1.807) is 7.11 Å². The highest BCUT2D eigenvalue weighted by molar-refractivity contribution is 6.00. The van der Waals surface area contributed by atoms with E-state index in [1.807, 2.05) is 54.6 Å². The van der Waals surface area contributed by atoms with Crippen LogP contribution in [0.2, 0.25) is 0 Å². The van der Waals surface area contributed by atoms with Gasteiger partial charge in [-0.25, -0.2) is 4.99 Å². The molecule has 4 nitrogen and oxygen atoms in total. The van der Waals surface area contributed by atoms with Crippen molar-refractivity contribution in [3.63, 3.8) is 0 Å². The first-order valence-electron chi connectivity index (χ1n) is 11.5.